The van der Waals surface area contributed by atoms with Crippen LogP contribution >= 0.6 is 23.1 Å². The van der Waals surface area contributed by atoms with E-state index in [-0.39, 0.29) is 28.8 Å². The smallest absolute Gasteiger partial charge is 0.225 e. The van der Waals surface area contributed by atoms with Crippen molar-refractivity contribution < 1.29 is 14.0 Å². The van der Waals surface area contributed by atoms with E-state index in [4.69, 9.17) is 0 Å². The van der Waals surface area contributed by atoms with Crippen molar-refractivity contribution in [1.82, 2.24) is 10.3 Å². The number of carbonyl (C=O) groups excluding carboxylic acids is 2. The standard InChI is InChI=1S/C17H18FN3O2S2/c18-11-4-1-5-13-14(11)20-17(25-13)21-7-2-3-10(9-21)15(22)19-12-6-8-24-16(12)23/h1,4-5,10,12H,2-3,6-9H2,(H,19,22). The van der Waals surface area contributed by atoms with Crippen molar-refractivity contribution in [3.05, 3.63) is 24.0 Å². The molecule has 1 aromatic heterocycles. The van der Waals surface area contributed by atoms with Crippen molar-refractivity contribution in [2.24, 2.45) is 5.92 Å². The molecule has 0 spiro atoms. The molecule has 5 nitrogen and oxygen atoms in total. The molecule has 3 heterocycles. The number of aromatic nitrogens is 1. The van der Waals surface area contributed by atoms with Gasteiger partial charge >= 0.3 is 0 Å². The van der Waals surface area contributed by atoms with Crippen LogP contribution in [0.5, 0.6) is 0 Å². The van der Waals surface area contributed by atoms with Gasteiger partial charge in [-0.3, -0.25) is 9.59 Å². The molecule has 2 unspecified atom stereocenters. The van der Waals surface area contributed by atoms with Crippen molar-refractivity contribution in [2.45, 2.75) is 25.3 Å². The Morgan fingerprint density at radius 3 is 3.00 bits per heavy atom. The van der Waals surface area contributed by atoms with E-state index in [0.717, 1.165) is 35.0 Å². The van der Waals surface area contributed by atoms with Crippen molar-refractivity contribution in [1.29, 1.82) is 0 Å². The lowest BCUT2D eigenvalue weighted by atomic mass is 9.97. The second kappa shape index (κ2) is 6.92. The van der Waals surface area contributed by atoms with Crippen LogP contribution in [0.1, 0.15) is 19.3 Å². The van der Waals surface area contributed by atoms with Crippen molar-refractivity contribution in [3.63, 3.8) is 0 Å². The van der Waals surface area contributed by atoms with Crippen LogP contribution in [0.15, 0.2) is 18.2 Å². The van der Waals surface area contributed by atoms with E-state index in [0.29, 0.717) is 18.5 Å². The molecule has 0 saturated carbocycles. The maximum atomic E-state index is 13.9. The molecule has 1 amide bonds. The molecular formula is C17H18FN3O2S2. The molecule has 0 radical (unpaired) electrons. The van der Waals surface area contributed by atoms with E-state index in [1.54, 1.807) is 6.07 Å². The van der Waals surface area contributed by atoms with Gasteiger partial charge in [-0.25, -0.2) is 9.37 Å². The van der Waals surface area contributed by atoms with Crippen LogP contribution in [0.2, 0.25) is 0 Å². The molecule has 0 bridgehead atoms. The highest BCUT2D eigenvalue weighted by Crippen LogP contribution is 2.32. The van der Waals surface area contributed by atoms with Gasteiger partial charge < -0.3 is 10.2 Å². The van der Waals surface area contributed by atoms with Crippen LogP contribution in [-0.2, 0) is 9.59 Å². The number of thiazole rings is 1. The number of hydrogen-bond acceptors (Lipinski definition) is 6. The number of rotatable bonds is 3. The number of piperidine rings is 1. The Morgan fingerprint density at radius 1 is 1.36 bits per heavy atom. The van der Waals surface area contributed by atoms with Gasteiger partial charge in [0.15, 0.2) is 5.13 Å². The zero-order chi connectivity index (χ0) is 17.4. The second-order valence-corrected chi connectivity index (χ2v) is 8.49. The summed E-state index contributed by atoms with van der Waals surface area (Å²) < 4.78 is 14.7. The van der Waals surface area contributed by atoms with Gasteiger partial charge in [0.05, 0.1) is 16.7 Å². The summed E-state index contributed by atoms with van der Waals surface area (Å²) in [6, 6.07) is 4.61. The quantitative estimate of drug-likeness (QED) is 0.889. The van der Waals surface area contributed by atoms with Crippen LogP contribution in [0.3, 0.4) is 0 Å². The zero-order valence-electron chi connectivity index (χ0n) is 13.5. The van der Waals surface area contributed by atoms with E-state index in [1.165, 1.54) is 29.2 Å². The molecule has 2 fully saturated rings. The molecule has 0 aliphatic carbocycles. The first-order chi connectivity index (χ1) is 12.1. The van der Waals surface area contributed by atoms with Gasteiger partial charge in [-0.15, -0.1) is 0 Å². The Morgan fingerprint density at radius 2 is 2.24 bits per heavy atom. The van der Waals surface area contributed by atoms with Crippen LogP contribution in [-0.4, -0.2) is 40.9 Å². The van der Waals surface area contributed by atoms with Gasteiger partial charge in [0, 0.05) is 18.8 Å². The average molecular weight is 379 g/mol. The average Bonchev–Trinajstić information content (AvgIpc) is 3.23. The number of carbonyl (C=O) groups is 2. The predicted molar refractivity (Wildman–Crippen MR) is 98.5 cm³/mol. The molecule has 132 valence electrons. The predicted octanol–water partition coefficient (Wildman–Crippen LogP) is 2.80. The Balaban J connectivity index is 1.47. The first kappa shape index (κ1) is 16.8. The second-order valence-electron chi connectivity index (χ2n) is 6.39. The minimum absolute atomic E-state index is 0.0576. The van der Waals surface area contributed by atoms with E-state index in [2.05, 4.69) is 15.2 Å². The highest BCUT2D eigenvalue weighted by atomic mass is 32.2. The molecule has 1 N–H and O–H groups in total. The fraction of sp³-hybridized carbons (Fsp3) is 0.471. The monoisotopic (exact) mass is 379 g/mol. The maximum Gasteiger partial charge on any atom is 0.225 e. The van der Waals surface area contributed by atoms with E-state index in [1.807, 2.05) is 6.07 Å². The minimum atomic E-state index is -0.343. The third kappa shape index (κ3) is 3.37. The Bertz CT molecular complexity index is 825. The molecule has 2 saturated heterocycles. The summed E-state index contributed by atoms with van der Waals surface area (Å²) >= 11 is 2.74. The van der Waals surface area contributed by atoms with Gasteiger partial charge in [0.1, 0.15) is 11.3 Å². The lowest BCUT2D eigenvalue weighted by molar-refractivity contribution is -0.128. The number of hydrogen-bond donors (Lipinski definition) is 1. The first-order valence-electron chi connectivity index (χ1n) is 8.39. The third-order valence-corrected chi connectivity index (χ3v) is 6.76. The highest BCUT2D eigenvalue weighted by molar-refractivity contribution is 8.14. The van der Waals surface area contributed by atoms with E-state index < -0.39 is 0 Å². The SMILES string of the molecule is O=C(NC1CCSC1=O)C1CCCN(c2nc3c(F)cccc3s2)C1. The maximum absolute atomic E-state index is 13.9. The summed E-state index contributed by atoms with van der Waals surface area (Å²) in [6.45, 7) is 1.37. The number of benzene rings is 1. The summed E-state index contributed by atoms with van der Waals surface area (Å²) in [6.07, 6.45) is 2.39. The Kier molecular flexibility index (Phi) is 4.64. The van der Waals surface area contributed by atoms with Gasteiger partial charge in [-0.05, 0) is 31.4 Å². The fourth-order valence-corrected chi connectivity index (χ4v) is 5.27. The Hall–Kier alpha value is -1.67. The molecule has 2 atom stereocenters. The van der Waals surface area contributed by atoms with Crippen molar-refractivity contribution >= 4 is 49.5 Å². The zero-order valence-corrected chi connectivity index (χ0v) is 15.2. The van der Waals surface area contributed by atoms with E-state index in [9.17, 15) is 14.0 Å². The van der Waals surface area contributed by atoms with Crippen molar-refractivity contribution in [3.8, 4) is 0 Å². The number of anilines is 1. The summed E-state index contributed by atoms with van der Waals surface area (Å²) in [5, 5.41) is 3.71. The first-order valence-corrected chi connectivity index (χ1v) is 10.2. The molecular weight excluding hydrogens is 361 g/mol. The largest absolute Gasteiger partial charge is 0.347 e. The molecule has 2 aliphatic rings. The van der Waals surface area contributed by atoms with Gasteiger partial charge in [-0.2, -0.15) is 0 Å². The van der Waals surface area contributed by atoms with Gasteiger partial charge in [-0.1, -0.05) is 29.2 Å². The van der Waals surface area contributed by atoms with E-state index >= 15 is 0 Å². The lowest BCUT2D eigenvalue weighted by Gasteiger charge is -2.32. The Labute approximate surface area is 153 Å². The van der Waals surface area contributed by atoms with Crippen LogP contribution in [0.25, 0.3) is 10.2 Å². The molecule has 8 heteroatoms. The van der Waals surface area contributed by atoms with Gasteiger partial charge in [0.2, 0.25) is 11.0 Å². The summed E-state index contributed by atoms with van der Waals surface area (Å²) in [5.41, 5.74) is 0.391. The molecule has 4 rings (SSSR count). The third-order valence-electron chi connectivity index (χ3n) is 4.67. The number of para-hydroxylation sites is 1. The summed E-state index contributed by atoms with van der Waals surface area (Å²) in [7, 11) is 0. The number of halogens is 1. The molecule has 2 aromatic rings. The number of fused-ring (bicyclic) bond motifs is 1. The lowest BCUT2D eigenvalue weighted by Crippen LogP contribution is -2.47. The van der Waals surface area contributed by atoms with Gasteiger partial charge in [0.25, 0.3) is 0 Å². The van der Waals surface area contributed by atoms with Crippen molar-refractivity contribution in [2.75, 3.05) is 23.7 Å². The number of amides is 1. The highest BCUT2D eigenvalue weighted by Gasteiger charge is 2.32. The normalized spacial score (nSPS) is 24.0. The summed E-state index contributed by atoms with van der Waals surface area (Å²) in [5.74, 6) is 0.239. The topological polar surface area (TPSA) is 62.3 Å². The number of nitrogens with one attached hydrogen (secondary N) is 1. The number of nitrogens with zero attached hydrogens (tertiary/aromatic N) is 2. The molecule has 25 heavy (non-hydrogen) atoms. The number of thioether (sulfide) groups is 1. The fourth-order valence-electron chi connectivity index (χ4n) is 3.32. The van der Waals surface area contributed by atoms with Crippen LogP contribution in [0, 0.1) is 11.7 Å². The minimum Gasteiger partial charge on any atom is -0.347 e. The molecule has 2 aliphatic heterocycles. The summed E-state index contributed by atoms with van der Waals surface area (Å²) in [4.78, 5) is 30.7. The van der Waals surface area contributed by atoms with Crippen LogP contribution < -0.4 is 10.2 Å². The van der Waals surface area contributed by atoms with Crippen LogP contribution in [0.4, 0.5) is 9.52 Å². The molecule has 1 aromatic carbocycles.